The summed E-state index contributed by atoms with van der Waals surface area (Å²) in [5.74, 6) is -0.362. The lowest BCUT2D eigenvalue weighted by atomic mass is 9.66. The molecular weight excluding hydrogens is 238 g/mol. The molecule has 1 saturated carbocycles. The number of carbonyl (C=O) groups is 1. The van der Waals surface area contributed by atoms with Crippen molar-refractivity contribution in [3.63, 3.8) is 0 Å². The number of para-hydroxylation sites is 1. The normalized spacial score (nSPS) is 29.5. The molecule has 1 fully saturated rings. The minimum absolute atomic E-state index is 0.0708. The first kappa shape index (κ1) is 11.9. The Morgan fingerprint density at radius 1 is 1.47 bits per heavy atom. The van der Waals surface area contributed by atoms with Gasteiger partial charge in [0.15, 0.2) is 0 Å². The van der Waals surface area contributed by atoms with Gasteiger partial charge in [0.25, 0.3) is 0 Å². The molecular formula is C15H15N3O. The van der Waals surface area contributed by atoms with Crippen LogP contribution in [0, 0.1) is 22.7 Å². The Bertz CT molecular complexity index is 616. The van der Waals surface area contributed by atoms with Gasteiger partial charge in [0.1, 0.15) is 0 Å². The maximum Gasteiger partial charge on any atom is 0.237 e. The number of nitrogens with one attached hydrogen (secondary N) is 1. The minimum atomic E-state index is -0.587. The minimum Gasteiger partial charge on any atom is -0.314 e. The summed E-state index contributed by atoms with van der Waals surface area (Å²) in [5, 5.41) is 17.0. The lowest BCUT2D eigenvalue weighted by molar-refractivity contribution is -0.123. The second-order valence-electron chi connectivity index (χ2n) is 5.37. The average molecular weight is 253 g/mol. The zero-order chi connectivity index (χ0) is 13.6. The Kier molecular flexibility index (Phi) is 2.46. The summed E-state index contributed by atoms with van der Waals surface area (Å²) in [4.78, 5) is 14.3. The fourth-order valence-electron chi connectivity index (χ4n) is 3.37. The van der Waals surface area contributed by atoms with E-state index in [9.17, 15) is 10.1 Å². The molecule has 0 saturated heterocycles. The smallest absolute Gasteiger partial charge is 0.237 e. The summed E-state index contributed by atoms with van der Waals surface area (Å²) in [5.41, 5.74) is 1.84. The van der Waals surface area contributed by atoms with Crippen molar-refractivity contribution < 1.29 is 4.79 Å². The number of fused-ring (bicyclic) bond motifs is 2. The van der Waals surface area contributed by atoms with Gasteiger partial charge in [-0.2, -0.15) is 5.26 Å². The molecule has 0 unspecified atom stereocenters. The third-order valence-electron chi connectivity index (χ3n) is 4.45. The number of carbonyl (C=O) groups excluding carboxylic acids is 1. The topological polar surface area (TPSA) is 68.0 Å². The van der Waals surface area contributed by atoms with Gasteiger partial charge in [0, 0.05) is 18.4 Å². The highest BCUT2D eigenvalue weighted by atomic mass is 16.2. The maximum absolute atomic E-state index is 12.7. The van der Waals surface area contributed by atoms with Crippen molar-refractivity contribution in [3.8, 4) is 6.07 Å². The van der Waals surface area contributed by atoms with E-state index in [-0.39, 0.29) is 5.91 Å². The monoisotopic (exact) mass is 253 g/mol. The highest BCUT2D eigenvalue weighted by molar-refractivity contribution is 6.09. The standard InChI is InChI=1S/C15H15N3O/c1-18-13-5-3-2-4-11(13)15(14(18)19)7-6-12(17)10(8-15)9-16/h2-5,10,17H,6-8H2,1H3/t10-,15+/m0/s1. The number of amides is 1. The number of benzene rings is 1. The van der Waals surface area contributed by atoms with Crippen LogP contribution in [0.4, 0.5) is 5.69 Å². The summed E-state index contributed by atoms with van der Waals surface area (Å²) in [6.07, 6.45) is 1.62. The number of likely N-dealkylation sites (N-methyl/N-ethyl adjacent to an activating group) is 1. The molecule has 1 N–H and O–H groups in total. The van der Waals surface area contributed by atoms with Crippen LogP contribution in [0.2, 0.25) is 0 Å². The molecule has 19 heavy (non-hydrogen) atoms. The van der Waals surface area contributed by atoms with Crippen LogP contribution in [0.15, 0.2) is 24.3 Å². The van der Waals surface area contributed by atoms with Crippen LogP contribution < -0.4 is 4.90 Å². The van der Waals surface area contributed by atoms with E-state index in [4.69, 9.17) is 5.41 Å². The molecule has 1 aliphatic heterocycles. The maximum atomic E-state index is 12.7. The van der Waals surface area contributed by atoms with E-state index < -0.39 is 11.3 Å². The van der Waals surface area contributed by atoms with E-state index in [1.165, 1.54) is 0 Å². The van der Waals surface area contributed by atoms with Crippen LogP contribution in [0.5, 0.6) is 0 Å². The predicted octanol–water partition coefficient (Wildman–Crippen LogP) is 2.24. The summed E-state index contributed by atoms with van der Waals surface area (Å²) in [6, 6.07) is 9.97. The van der Waals surface area contributed by atoms with Crippen molar-refractivity contribution >= 4 is 17.3 Å². The van der Waals surface area contributed by atoms with Gasteiger partial charge in [-0.05, 0) is 30.9 Å². The first-order chi connectivity index (χ1) is 9.10. The third kappa shape index (κ3) is 1.45. The van der Waals surface area contributed by atoms with Gasteiger partial charge < -0.3 is 10.3 Å². The second kappa shape index (κ2) is 3.92. The molecule has 1 aliphatic carbocycles. The largest absolute Gasteiger partial charge is 0.314 e. The second-order valence-corrected chi connectivity index (χ2v) is 5.37. The van der Waals surface area contributed by atoms with E-state index in [2.05, 4.69) is 6.07 Å². The molecule has 4 heteroatoms. The first-order valence-electron chi connectivity index (χ1n) is 6.45. The Balaban J connectivity index is 2.12. The van der Waals surface area contributed by atoms with Crippen molar-refractivity contribution in [2.75, 3.05) is 11.9 Å². The van der Waals surface area contributed by atoms with Gasteiger partial charge in [-0.1, -0.05) is 18.2 Å². The summed E-state index contributed by atoms with van der Waals surface area (Å²) in [6.45, 7) is 0. The molecule has 1 spiro atoms. The Hall–Kier alpha value is -2.15. The van der Waals surface area contributed by atoms with Crippen molar-refractivity contribution in [1.82, 2.24) is 0 Å². The highest BCUT2D eigenvalue weighted by Gasteiger charge is 2.52. The molecule has 0 radical (unpaired) electrons. The number of nitrogens with zero attached hydrogens (tertiary/aromatic N) is 2. The van der Waals surface area contributed by atoms with Crippen molar-refractivity contribution in [3.05, 3.63) is 29.8 Å². The van der Waals surface area contributed by atoms with Gasteiger partial charge >= 0.3 is 0 Å². The van der Waals surface area contributed by atoms with Crippen molar-refractivity contribution in [2.24, 2.45) is 5.92 Å². The number of anilines is 1. The SMILES string of the molecule is CN1C(=O)[C@@]2(CCC(=N)[C@H](C#N)C2)c2ccccc21. The lowest BCUT2D eigenvalue weighted by Crippen LogP contribution is -2.44. The molecule has 1 amide bonds. The molecule has 1 heterocycles. The predicted molar refractivity (Wildman–Crippen MR) is 72.2 cm³/mol. The van der Waals surface area contributed by atoms with Crippen LogP contribution in [-0.2, 0) is 10.2 Å². The number of rotatable bonds is 0. The highest BCUT2D eigenvalue weighted by Crippen LogP contribution is 2.50. The summed E-state index contributed by atoms with van der Waals surface area (Å²) >= 11 is 0. The van der Waals surface area contributed by atoms with Gasteiger partial charge in [-0.3, -0.25) is 4.79 Å². The van der Waals surface area contributed by atoms with E-state index >= 15 is 0 Å². The summed E-state index contributed by atoms with van der Waals surface area (Å²) in [7, 11) is 1.79. The fourth-order valence-corrected chi connectivity index (χ4v) is 3.37. The quantitative estimate of drug-likeness (QED) is 0.770. The zero-order valence-corrected chi connectivity index (χ0v) is 10.8. The molecule has 2 atom stereocenters. The fraction of sp³-hybridized carbons (Fsp3) is 0.400. The molecule has 4 nitrogen and oxygen atoms in total. The Morgan fingerprint density at radius 3 is 2.95 bits per heavy atom. The number of hydrogen-bond donors (Lipinski definition) is 1. The van der Waals surface area contributed by atoms with Crippen molar-refractivity contribution in [1.29, 1.82) is 10.7 Å². The molecule has 96 valence electrons. The number of nitriles is 1. The van der Waals surface area contributed by atoms with Gasteiger partial charge in [0.2, 0.25) is 5.91 Å². The van der Waals surface area contributed by atoms with Crippen LogP contribution >= 0.6 is 0 Å². The number of hydrogen-bond acceptors (Lipinski definition) is 3. The first-order valence-corrected chi connectivity index (χ1v) is 6.45. The molecule has 1 aromatic rings. The van der Waals surface area contributed by atoms with E-state index in [0.29, 0.717) is 25.0 Å². The van der Waals surface area contributed by atoms with Crippen molar-refractivity contribution in [2.45, 2.75) is 24.7 Å². The van der Waals surface area contributed by atoms with E-state index in [1.807, 2.05) is 24.3 Å². The molecule has 1 aromatic carbocycles. The lowest BCUT2D eigenvalue weighted by Gasteiger charge is -2.34. The van der Waals surface area contributed by atoms with Crippen LogP contribution in [0.3, 0.4) is 0 Å². The van der Waals surface area contributed by atoms with E-state index in [0.717, 1.165) is 11.3 Å². The average Bonchev–Trinajstić information content (AvgIpc) is 2.65. The van der Waals surface area contributed by atoms with Crippen LogP contribution in [0.25, 0.3) is 0 Å². The molecule has 3 rings (SSSR count). The Labute approximate surface area is 112 Å². The summed E-state index contributed by atoms with van der Waals surface area (Å²) < 4.78 is 0. The van der Waals surface area contributed by atoms with Crippen LogP contribution in [-0.4, -0.2) is 18.7 Å². The third-order valence-corrected chi connectivity index (χ3v) is 4.45. The molecule has 0 aromatic heterocycles. The zero-order valence-electron chi connectivity index (χ0n) is 10.8. The van der Waals surface area contributed by atoms with Crippen LogP contribution in [0.1, 0.15) is 24.8 Å². The molecule has 0 bridgehead atoms. The van der Waals surface area contributed by atoms with Gasteiger partial charge in [0.05, 0.1) is 17.4 Å². The van der Waals surface area contributed by atoms with E-state index in [1.54, 1.807) is 11.9 Å². The van der Waals surface area contributed by atoms with Gasteiger partial charge in [-0.15, -0.1) is 0 Å². The molecule has 2 aliphatic rings. The van der Waals surface area contributed by atoms with Gasteiger partial charge in [-0.25, -0.2) is 0 Å². The Morgan fingerprint density at radius 2 is 2.21 bits per heavy atom.